The molecule has 1 aromatic carbocycles. The Hall–Kier alpha value is -2.57. The van der Waals surface area contributed by atoms with Gasteiger partial charge in [0, 0.05) is 11.6 Å². The number of ether oxygens (including phenoxy) is 2. The molecule has 1 aromatic rings. The quantitative estimate of drug-likeness (QED) is 0.474. The molecule has 1 atom stereocenters. The first-order chi connectivity index (χ1) is 14.4. The zero-order chi connectivity index (χ0) is 21.9. The Balaban J connectivity index is 1.85. The van der Waals surface area contributed by atoms with Crippen molar-refractivity contribution in [3.63, 3.8) is 0 Å². The van der Waals surface area contributed by atoms with Crippen LogP contribution in [0.25, 0.3) is 0 Å². The van der Waals surface area contributed by atoms with Crippen LogP contribution in [0.15, 0.2) is 24.3 Å². The molecule has 2 N–H and O–H groups in total. The van der Waals surface area contributed by atoms with E-state index in [4.69, 9.17) is 9.47 Å². The average Bonchev–Trinajstić information content (AvgIpc) is 2.99. The van der Waals surface area contributed by atoms with Gasteiger partial charge in [-0.3, -0.25) is 9.59 Å². The van der Waals surface area contributed by atoms with Crippen molar-refractivity contribution in [2.75, 3.05) is 13.2 Å². The highest BCUT2D eigenvalue weighted by atomic mass is 16.5. The highest BCUT2D eigenvalue weighted by Gasteiger charge is 2.27. The van der Waals surface area contributed by atoms with Crippen molar-refractivity contribution in [3.8, 4) is 5.75 Å². The lowest BCUT2D eigenvalue weighted by molar-refractivity contribution is -0.151. The Morgan fingerprint density at radius 2 is 1.67 bits per heavy atom. The van der Waals surface area contributed by atoms with Crippen molar-refractivity contribution in [2.24, 2.45) is 5.92 Å². The van der Waals surface area contributed by atoms with Gasteiger partial charge in [0.05, 0.1) is 6.61 Å². The Kier molecular flexibility index (Phi) is 9.64. The normalized spacial score (nSPS) is 15.7. The van der Waals surface area contributed by atoms with Crippen molar-refractivity contribution < 1.29 is 23.9 Å². The molecule has 2 rings (SSSR count). The lowest BCUT2D eigenvalue weighted by Crippen LogP contribution is -2.46. The number of benzene rings is 1. The van der Waals surface area contributed by atoms with E-state index in [1.807, 2.05) is 20.8 Å². The van der Waals surface area contributed by atoms with Gasteiger partial charge in [-0.2, -0.15) is 0 Å². The topological polar surface area (TPSA) is 93.7 Å². The highest BCUT2D eigenvalue weighted by Crippen LogP contribution is 2.17. The summed E-state index contributed by atoms with van der Waals surface area (Å²) < 4.78 is 10.6. The fourth-order valence-electron chi connectivity index (χ4n) is 3.51. The molecule has 2 amide bonds. The molecule has 0 bridgehead atoms. The van der Waals surface area contributed by atoms with E-state index in [-0.39, 0.29) is 30.4 Å². The number of esters is 1. The Labute approximate surface area is 178 Å². The molecule has 0 radical (unpaired) electrons. The first-order valence-corrected chi connectivity index (χ1v) is 10.9. The van der Waals surface area contributed by atoms with E-state index < -0.39 is 12.0 Å². The lowest BCUT2D eigenvalue weighted by atomic mass is 10.0. The van der Waals surface area contributed by atoms with Crippen LogP contribution in [-0.2, 0) is 14.3 Å². The Morgan fingerprint density at radius 3 is 2.23 bits per heavy atom. The standard InChI is InChI=1S/C23H34N2O5/c1-4-29-19-13-11-17(12-14-19)22(27)25-21(16(2)3)23(28)30-15-20(26)24-18-9-7-5-6-8-10-18/h11-14,16,18,21H,4-10,15H2,1-3H3,(H,24,26)(H,25,27)/t21-/m0/s1. The van der Waals surface area contributed by atoms with Gasteiger partial charge < -0.3 is 20.1 Å². The zero-order valence-corrected chi connectivity index (χ0v) is 18.2. The maximum atomic E-state index is 12.5. The first kappa shape index (κ1) is 23.7. The average molecular weight is 419 g/mol. The second-order valence-electron chi connectivity index (χ2n) is 8.02. The van der Waals surface area contributed by atoms with Crippen LogP contribution in [0.5, 0.6) is 5.75 Å². The van der Waals surface area contributed by atoms with Gasteiger partial charge >= 0.3 is 5.97 Å². The number of amides is 2. The van der Waals surface area contributed by atoms with Crippen LogP contribution < -0.4 is 15.4 Å². The third-order valence-electron chi connectivity index (χ3n) is 5.20. The summed E-state index contributed by atoms with van der Waals surface area (Å²) in [5.74, 6) is -0.796. The number of hydrogen-bond acceptors (Lipinski definition) is 5. The zero-order valence-electron chi connectivity index (χ0n) is 18.2. The van der Waals surface area contributed by atoms with Gasteiger partial charge in [0.15, 0.2) is 6.61 Å². The fourth-order valence-corrected chi connectivity index (χ4v) is 3.51. The molecule has 0 saturated heterocycles. The molecule has 7 nitrogen and oxygen atoms in total. The summed E-state index contributed by atoms with van der Waals surface area (Å²) in [7, 11) is 0. The van der Waals surface area contributed by atoms with Crippen LogP contribution in [0.1, 0.15) is 69.7 Å². The van der Waals surface area contributed by atoms with Gasteiger partial charge in [-0.15, -0.1) is 0 Å². The van der Waals surface area contributed by atoms with E-state index in [0.29, 0.717) is 17.9 Å². The maximum absolute atomic E-state index is 12.5. The molecule has 1 saturated carbocycles. The van der Waals surface area contributed by atoms with E-state index in [1.165, 1.54) is 12.8 Å². The van der Waals surface area contributed by atoms with Crippen molar-refractivity contribution in [1.29, 1.82) is 0 Å². The monoisotopic (exact) mass is 418 g/mol. The van der Waals surface area contributed by atoms with Crippen molar-refractivity contribution in [3.05, 3.63) is 29.8 Å². The predicted molar refractivity (Wildman–Crippen MR) is 114 cm³/mol. The largest absolute Gasteiger partial charge is 0.494 e. The molecule has 1 aliphatic carbocycles. The van der Waals surface area contributed by atoms with Gasteiger partial charge in [0.1, 0.15) is 11.8 Å². The minimum absolute atomic E-state index is 0.152. The molecule has 1 fully saturated rings. The third kappa shape index (κ3) is 7.69. The van der Waals surface area contributed by atoms with Crippen LogP contribution in [0, 0.1) is 5.92 Å². The SMILES string of the molecule is CCOc1ccc(C(=O)N[C@H](C(=O)OCC(=O)NC2CCCCCC2)C(C)C)cc1. The number of carbonyl (C=O) groups is 3. The molecule has 0 heterocycles. The summed E-state index contributed by atoms with van der Waals surface area (Å²) >= 11 is 0. The molecule has 0 spiro atoms. The summed E-state index contributed by atoms with van der Waals surface area (Å²) in [6.07, 6.45) is 6.55. The minimum Gasteiger partial charge on any atom is -0.494 e. The van der Waals surface area contributed by atoms with Gasteiger partial charge in [-0.1, -0.05) is 39.5 Å². The number of carbonyl (C=O) groups excluding carboxylic acids is 3. The van der Waals surface area contributed by atoms with Crippen LogP contribution in [0.4, 0.5) is 0 Å². The van der Waals surface area contributed by atoms with Gasteiger partial charge in [0.2, 0.25) is 0 Å². The Bertz CT molecular complexity index is 694. The van der Waals surface area contributed by atoms with E-state index in [0.717, 1.165) is 25.7 Å². The van der Waals surface area contributed by atoms with Gasteiger partial charge in [-0.25, -0.2) is 4.79 Å². The van der Waals surface area contributed by atoms with Crippen molar-refractivity contribution in [2.45, 2.75) is 71.4 Å². The smallest absolute Gasteiger partial charge is 0.329 e. The molecule has 7 heteroatoms. The van der Waals surface area contributed by atoms with Gasteiger partial charge in [0.25, 0.3) is 11.8 Å². The fraction of sp³-hybridized carbons (Fsp3) is 0.609. The lowest BCUT2D eigenvalue weighted by Gasteiger charge is -2.21. The highest BCUT2D eigenvalue weighted by molar-refractivity contribution is 5.97. The molecule has 0 aliphatic heterocycles. The second kappa shape index (κ2) is 12.2. The van der Waals surface area contributed by atoms with Gasteiger partial charge in [-0.05, 0) is 49.9 Å². The molecule has 0 aromatic heterocycles. The predicted octanol–water partition coefficient (Wildman–Crippen LogP) is 3.22. The summed E-state index contributed by atoms with van der Waals surface area (Å²) in [6.45, 7) is 5.72. The molecular weight excluding hydrogens is 384 g/mol. The van der Waals surface area contributed by atoms with E-state index >= 15 is 0 Å². The minimum atomic E-state index is -0.838. The van der Waals surface area contributed by atoms with E-state index in [9.17, 15) is 14.4 Å². The summed E-state index contributed by atoms with van der Waals surface area (Å²) in [6, 6.07) is 6.01. The molecule has 0 unspecified atom stereocenters. The van der Waals surface area contributed by atoms with Crippen LogP contribution in [-0.4, -0.2) is 43.1 Å². The molecule has 1 aliphatic rings. The number of nitrogens with one attached hydrogen (secondary N) is 2. The van der Waals surface area contributed by atoms with Crippen LogP contribution in [0.3, 0.4) is 0 Å². The first-order valence-electron chi connectivity index (χ1n) is 10.9. The van der Waals surface area contributed by atoms with E-state index in [1.54, 1.807) is 24.3 Å². The molecule has 30 heavy (non-hydrogen) atoms. The van der Waals surface area contributed by atoms with Crippen LogP contribution >= 0.6 is 0 Å². The number of rotatable bonds is 9. The second-order valence-corrected chi connectivity index (χ2v) is 8.02. The maximum Gasteiger partial charge on any atom is 0.329 e. The summed E-state index contributed by atoms with van der Waals surface area (Å²) in [5, 5.41) is 5.66. The summed E-state index contributed by atoms with van der Waals surface area (Å²) in [4.78, 5) is 37.2. The molecular formula is C23H34N2O5. The molecule has 166 valence electrons. The van der Waals surface area contributed by atoms with Crippen LogP contribution in [0.2, 0.25) is 0 Å². The van der Waals surface area contributed by atoms with E-state index in [2.05, 4.69) is 10.6 Å². The number of hydrogen-bond donors (Lipinski definition) is 2. The Morgan fingerprint density at radius 1 is 1.03 bits per heavy atom. The summed E-state index contributed by atoms with van der Waals surface area (Å²) in [5.41, 5.74) is 0.419. The van der Waals surface area contributed by atoms with Crippen molar-refractivity contribution in [1.82, 2.24) is 10.6 Å². The third-order valence-corrected chi connectivity index (χ3v) is 5.20. The van der Waals surface area contributed by atoms with Crippen molar-refractivity contribution >= 4 is 17.8 Å².